The molecule has 0 unspecified atom stereocenters. The molecule has 0 bridgehead atoms. The molecule has 45 heavy (non-hydrogen) atoms. The summed E-state index contributed by atoms with van der Waals surface area (Å²) >= 11 is 10.9. The van der Waals surface area contributed by atoms with Gasteiger partial charge >= 0.3 is 5.97 Å². The molecule has 0 saturated heterocycles. The number of ether oxygens (including phenoxy) is 1. The highest BCUT2D eigenvalue weighted by molar-refractivity contribution is 9.10. The number of nitrogens with one attached hydrogen (secondary N) is 3. The van der Waals surface area contributed by atoms with Crippen molar-refractivity contribution in [2.24, 2.45) is 5.92 Å². The van der Waals surface area contributed by atoms with E-state index in [9.17, 15) is 22.8 Å². The first-order valence-electron chi connectivity index (χ1n) is 14.2. The van der Waals surface area contributed by atoms with E-state index in [-0.39, 0.29) is 17.3 Å². The van der Waals surface area contributed by atoms with Crippen LogP contribution in [0.4, 0.5) is 0 Å². The zero-order valence-electron chi connectivity index (χ0n) is 25.6. The van der Waals surface area contributed by atoms with E-state index in [4.69, 9.17) is 16.3 Å². The van der Waals surface area contributed by atoms with Crippen molar-refractivity contribution in [3.8, 4) is 0 Å². The summed E-state index contributed by atoms with van der Waals surface area (Å²) in [6.07, 6.45) is 0. The molecule has 3 aromatic rings. The Morgan fingerprint density at radius 1 is 1.00 bits per heavy atom. The van der Waals surface area contributed by atoms with Gasteiger partial charge < -0.3 is 15.4 Å². The molecule has 13 heteroatoms. The Kier molecular flexibility index (Phi) is 13.1. The van der Waals surface area contributed by atoms with E-state index in [1.807, 2.05) is 31.2 Å². The van der Waals surface area contributed by atoms with Crippen LogP contribution in [0.1, 0.15) is 38.8 Å². The third-order valence-electron chi connectivity index (χ3n) is 6.86. The molecule has 0 aromatic heterocycles. The predicted molar refractivity (Wildman–Crippen MR) is 181 cm³/mol. The van der Waals surface area contributed by atoms with Crippen molar-refractivity contribution in [1.29, 1.82) is 0 Å². The summed E-state index contributed by atoms with van der Waals surface area (Å²) in [6, 6.07) is 17.8. The molecule has 3 atom stereocenters. The van der Waals surface area contributed by atoms with Crippen molar-refractivity contribution in [2.75, 3.05) is 12.4 Å². The van der Waals surface area contributed by atoms with E-state index in [0.29, 0.717) is 10.6 Å². The van der Waals surface area contributed by atoms with Gasteiger partial charge in [0.2, 0.25) is 15.9 Å². The average Bonchev–Trinajstić information content (AvgIpc) is 2.98. The summed E-state index contributed by atoms with van der Waals surface area (Å²) < 4.78 is 35.1. The predicted octanol–water partition coefficient (Wildman–Crippen LogP) is 5.59. The van der Waals surface area contributed by atoms with Crippen LogP contribution in [0.5, 0.6) is 0 Å². The number of hydrogen-bond donors (Lipinski definition) is 3. The number of aryl methyl sites for hydroxylation is 1. The van der Waals surface area contributed by atoms with Gasteiger partial charge in [-0.25, -0.2) is 13.2 Å². The van der Waals surface area contributed by atoms with Gasteiger partial charge in [-0.05, 0) is 74.7 Å². The van der Waals surface area contributed by atoms with Crippen molar-refractivity contribution in [3.63, 3.8) is 0 Å². The van der Waals surface area contributed by atoms with Gasteiger partial charge in [-0.3, -0.25) is 9.59 Å². The molecule has 0 radical (unpaired) electrons. The molecule has 9 nitrogen and oxygen atoms in total. The first-order valence-corrected chi connectivity index (χ1v) is 17.9. The molecule has 2 amide bonds. The second kappa shape index (κ2) is 16.1. The Morgan fingerprint density at radius 2 is 1.64 bits per heavy atom. The molecule has 0 saturated carbocycles. The number of benzene rings is 3. The summed E-state index contributed by atoms with van der Waals surface area (Å²) in [4.78, 5) is 41.7. The standard InChI is InChI=1S/C32H37BrClN3O6S2/c1-6-43-30(39)22(5)35-31(40)32(23-12-14-25(34)15-13-23,19-44-26-9-7-8-24(33)18-26)36-29(38)28(20(2)3)37-45(41,42)27-16-10-21(4)11-17-27/h7-18,20,22,28,37H,6,19H2,1-5H3,(H,35,40)(H,36,38)/t22-,28-,32+/m0/s1. The minimum absolute atomic E-state index is 0.00160. The van der Waals surface area contributed by atoms with Gasteiger partial charge in [-0.2, -0.15) is 4.72 Å². The van der Waals surface area contributed by atoms with Gasteiger partial charge in [0.05, 0.1) is 11.5 Å². The first kappa shape index (κ1) is 36.6. The molecule has 3 aromatic carbocycles. The smallest absolute Gasteiger partial charge is 0.328 e. The lowest BCUT2D eigenvalue weighted by atomic mass is 9.89. The zero-order valence-corrected chi connectivity index (χ0v) is 29.6. The van der Waals surface area contributed by atoms with E-state index in [2.05, 4.69) is 31.3 Å². The minimum Gasteiger partial charge on any atom is -0.464 e. The fourth-order valence-corrected chi connectivity index (χ4v) is 7.47. The summed E-state index contributed by atoms with van der Waals surface area (Å²) in [5, 5.41) is 5.99. The third-order valence-corrected chi connectivity index (χ3v) is 10.2. The zero-order chi connectivity index (χ0) is 33.4. The maximum absolute atomic E-state index is 14.3. The summed E-state index contributed by atoms with van der Waals surface area (Å²) in [5.74, 6) is -2.59. The fourth-order valence-electron chi connectivity index (χ4n) is 4.31. The second-order valence-electron chi connectivity index (χ2n) is 10.8. The van der Waals surface area contributed by atoms with Crippen molar-refractivity contribution in [2.45, 2.75) is 62.0 Å². The Labute approximate surface area is 282 Å². The quantitative estimate of drug-likeness (QED) is 0.145. The Morgan fingerprint density at radius 3 is 2.22 bits per heavy atom. The number of carbonyl (C=O) groups excluding carboxylic acids is 3. The summed E-state index contributed by atoms with van der Waals surface area (Å²) in [7, 11) is -4.11. The number of halogens is 2. The molecule has 0 heterocycles. The summed E-state index contributed by atoms with van der Waals surface area (Å²) in [5.41, 5.74) is -0.524. The highest BCUT2D eigenvalue weighted by atomic mass is 79.9. The first-order chi connectivity index (χ1) is 21.2. The Balaban J connectivity index is 2.09. The number of rotatable bonds is 14. The van der Waals surface area contributed by atoms with Gasteiger partial charge in [0.25, 0.3) is 5.91 Å². The maximum atomic E-state index is 14.3. The molecule has 0 fully saturated rings. The number of amides is 2. The van der Waals surface area contributed by atoms with E-state index < -0.39 is 51.3 Å². The monoisotopic (exact) mass is 737 g/mol. The third kappa shape index (κ3) is 9.79. The van der Waals surface area contributed by atoms with Crippen LogP contribution in [-0.4, -0.2) is 50.6 Å². The topological polar surface area (TPSA) is 131 Å². The lowest BCUT2D eigenvalue weighted by Gasteiger charge is -2.36. The van der Waals surface area contributed by atoms with Crippen LogP contribution in [0.25, 0.3) is 0 Å². The van der Waals surface area contributed by atoms with Crippen LogP contribution in [0.3, 0.4) is 0 Å². The van der Waals surface area contributed by atoms with Crippen LogP contribution in [-0.2, 0) is 34.7 Å². The van der Waals surface area contributed by atoms with Crippen molar-refractivity contribution in [1.82, 2.24) is 15.4 Å². The van der Waals surface area contributed by atoms with E-state index in [0.717, 1.165) is 14.9 Å². The summed E-state index contributed by atoms with van der Waals surface area (Å²) in [6.45, 7) is 8.50. The van der Waals surface area contributed by atoms with Crippen LogP contribution < -0.4 is 15.4 Å². The highest BCUT2D eigenvalue weighted by Crippen LogP contribution is 2.33. The molecule has 0 aliphatic rings. The number of sulfonamides is 1. The average molecular weight is 739 g/mol. The Hall–Kier alpha value is -2.90. The highest BCUT2D eigenvalue weighted by Gasteiger charge is 2.45. The molecule has 0 spiro atoms. The van der Waals surface area contributed by atoms with Gasteiger partial charge in [-0.1, -0.05) is 77.3 Å². The minimum atomic E-state index is -4.11. The molecular weight excluding hydrogens is 702 g/mol. The van der Waals surface area contributed by atoms with Crippen molar-refractivity contribution in [3.05, 3.63) is 93.4 Å². The number of hydrogen-bond acceptors (Lipinski definition) is 7. The largest absolute Gasteiger partial charge is 0.464 e. The Bertz CT molecular complexity index is 1600. The molecule has 242 valence electrons. The lowest BCUT2D eigenvalue weighted by molar-refractivity contribution is -0.147. The van der Waals surface area contributed by atoms with Gasteiger partial charge in [0.1, 0.15) is 12.1 Å². The van der Waals surface area contributed by atoms with Crippen LogP contribution in [0.15, 0.2) is 87.1 Å². The number of esters is 1. The maximum Gasteiger partial charge on any atom is 0.328 e. The van der Waals surface area contributed by atoms with E-state index >= 15 is 0 Å². The molecule has 3 N–H and O–H groups in total. The number of carbonyl (C=O) groups is 3. The van der Waals surface area contributed by atoms with Crippen LogP contribution in [0, 0.1) is 12.8 Å². The number of thioether (sulfide) groups is 1. The van der Waals surface area contributed by atoms with Gasteiger partial charge in [0, 0.05) is 20.1 Å². The normalized spacial score (nSPS) is 14.2. The van der Waals surface area contributed by atoms with Crippen LogP contribution in [0.2, 0.25) is 5.02 Å². The van der Waals surface area contributed by atoms with Gasteiger partial charge in [-0.15, -0.1) is 11.8 Å². The van der Waals surface area contributed by atoms with E-state index in [1.165, 1.54) is 30.8 Å². The molecule has 3 rings (SSSR count). The molecule has 0 aliphatic carbocycles. The fraction of sp³-hybridized carbons (Fsp3) is 0.344. The molecule has 0 aliphatic heterocycles. The van der Waals surface area contributed by atoms with Gasteiger partial charge in [0.15, 0.2) is 5.54 Å². The molecular formula is C32H37BrClN3O6S2. The van der Waals surface area contributed by atoms with Crippen LogP contribution >= 0.6 is 39.3 Å². The lowest BCUT2D eigenvalue weighted by Crippen LogP contribution is -2.63. The SMILES string of the molecule is CCOC(=O)[C@H](C)NC(=O)[C@](CSc1cccc(Br)c1)(NC(=O)[C@@H](NS(=O)(=O)c1ccc(C)cc1)C(C)C)c1ccc(Cl)cc1. The second-order valence-corrected chi connectivity index (χ2v) is 14.9. The van der Waals surface area contributed by atoms with E-state index in [1.54, 1.807) is 57.2 Å². The van der Waals surface area contributed by atoms with Crippen molar-refractivity contribution >= 4 is 67.1 Å². The van der Waals surface area contributed by atoms with Crippen molar-refractivity contribution < 1.29 is 27.5 Å².